The first kappa shape index (κ1) is 12.4. The van der Waals surface area contributed by atoms with E-state index in [1.807, 2.05) is 12.1 Å². The Morgan fingerprint density at radius 1 is 0.889 bits per heavy atom. The van der Waals surface area contributed by atoms with Gasteiger partial charge >= 0.3 is 0 Å². The van der Waals surface area contributed by atoms with Crippen LogP contribution in [0.25, 0.3) is 0 Å². The van der Waals surface area contributed by atoms with Gasteiger partial charge in [0.2, 0.25) is 0 Å². The average Bonchev–Trinajstić information content (AvgIpc) is 2.37. The molecule has 0 amide bonds. The van der Waals surface area contributed by atoms with Gasteiger partial charge in [0.1, 0.15) is 17.4 Å². The van der Waals surface area contributed by atoms with Crippen LogP contribution < -0.4 is 9.64 Å². The summed E-state index contributed by atoms with van der Waals surface area (Å²) in [4.78, 5) is 1.70. The highest BCUT2D eigenvalue weighted by Gasteiger charge is 2.07. The number of hydrogen-bond donors (Lipinski definition) is 0. The van der Waals surface area contributed by atoms with Gasteiger partial charge in [0.05, 0.1) is 7.11 Å². The van der Waals surface area contributed by atoms with Gasteiger partial charge in [-0.1, -0.05) is 0 Å². The number of nitrogens with zero attached hydrogens (tertiary/aromatic N) is 1. The Labute approximate surface area is 104 Å². The lowest BCUT2D eigenvalue weighted by molar-refractivity contribution is 0.415. The zero-order valence-electron chi connectivity index (χ0n) is 10.2. The number of ether oxygens (including phenoxy) is 1. The molecule has 0 aliphatic rings. The second-order valence-corrected chi connectivity index (χ2v) is 3.88. The van der Waals surface area contributed by atoms with Crippen LogP contribution in [0.5, 0.6) is 5.75 Å². The maximum Gasteiger partial charge on any atom is 0.128 e. The van der Waals surface area contributed by atoms with Crippen LogP contribution in [0.3, 0.4) is 0 Å². The molecule has 0 radical (unpaired) electrons. The average molecular weight is 249 g/mol. The molecule has 0 atom stereocenters. The normalized spacial score (nSPS) is 10.2. The fraction of sp³-hybridized carbons (Fsp3) is 0.143. The molecule has 94 valence electrons. The summed E-state index contributed by atoms with van der Waals surface area (Å²) in [7, 11) is 3.33. The van der Waals surface area contributed by atoms with Crippen molar-refractivity contribution in [2.45, 2.75) is 0 Å². The first-order valence-corrected chi connectivity index (χ1v) is 5.44. The minimum atomic E-state index is -0.592. The van der Waals surface area contributed by atoms with Gasteiger partial charge in [-0.25, -0.2) is 8.78 Å². The molecule has 2 rings (SSSR count). The molecule has 0 heterocycles. The molecule has 0 aliphatic heterocycles. The van der Waals surface area contributed by atoms with Gasteiger partial charge < -0.3 is 9.64 Å². The summed E-state index contributed by atoms with van der Waals surface area (Å²) in [6, 6.07) is 10.7. The Morgan fingerprint density at radius 2 is 1.44 bits per heavy atom. The minimum Gasteiger partial charge on any atom is -0.497 e. The largest absolute Gasteiger partial charge is 0.497 e. The third-order valence-electron chi connectivity index (χ3n) is 2.69. The zero-order chi connectivity index (χ0) is 13.1. The van der Waals surface area contributed by atoms with Crippen LogP contribution in [0.4, 0.5) is 20.2 Å². The van der Waals surface area contributed by atoms with E-state index in [2.05, 4.69) is 0 Å². The van der Waals surface area contributed by atoms with Crippen LogP contribution in [0, 0.1) is 11.6 Å². The molecule has 0 saturated carbocycles. The summed E-state index contributed by atoms with van der Waals surface area (Å²) in [5.74, 6) is -0.451. The molecule has 0 aromatic heterocycles. The summed E-state index contributed by atoms with van der Waals surface area (Å²) in [6.45, 7) is 0. The van der Waals surface area contributed by atoms with Crippen LogP contribution in [0.1, 0.15) is 0 Å². The first-order valence-electron chi connectivity index (χ1n) is 5.44. The molecule has 0 saturated heterocycles. The van der Waals surface area contributed by atoms with Crippen molar-refractivity contribution in [1.82, 2.24) is 0 Å². The number of rotatable bonds is 3. The monoisotopic (exact) mass is 249 g/mol. The van der Waals surface area contributed by atoms with Gasteiger partial charge in [0, 0.05) is 24.5 Å². The lowest BCUT2D eigenvalue weighted by Gasteiger charge is -2.19. The van der Waals surface area contributed by atoms with Gasteiger partial charge in [0.15, 0.2) is 0 Å². The van der Waals surface area contributed by atoms with Crippen LogP contribution in [0.2, 0.25) is 0 Å². The zero-order valence-corrected chi connectivity index (χ0v) is 10.2. The van der Waals surface area contributed by atoms with E-state index >= 15 is 0 Å². The van der Waals surface area contributed by atoms with Gasteiger partial charge in [-0.3, -0.25) is 0 Å². The summed E-state index contributed by atoms with van der Waals surface area (Å²) in [5, 5.41) is 0. The summed E-state index contributed by atoms with van der Waals surface area (Å²) in [5.41, 5.74) is 1.28. The highest BCUT2D eigenvalue weighted by molar-refractivity contribution is 5.63. The van der Waals surface area contributed by atoms with Crippen molar-refractivity contribution in [2.75, 3.05) is 19.1 Å². The Bertz CT molecular complexity index is 520. The molecule has 0 fully saturated rings. The van der Waals surface area contributed by atoms with Gasteiger partial charge in [0.25, 0.3) is 0 Å². The van der Waals surface area contributed by atoms with E-state index in [4.69, 9.17) is 4.74 Å². The highest BCUT2D eigenvalue weighted by Crippen LogP contribution is 2.26. The van der Waals surface area contributed by atoms with Crippen molar-refractivity contribution < 1.29 is 13.5 Å². The Kier molecular flexibility index (Phi) is 3.46. The fourth-order valence-corrected chi connectivity index (χ4v) is 1.69. The van der Waals surface area contributed by atoms with Crippen LogP contribution >= 0.6 is 0 Å². The Balaban J connectivity index is 2.31. The van der Waals surface area contributed by atoms with Crippen LogP contribution in [0.15, 0.2) is 42.5 Å². The third kappa shape index (κ3) is 2.59. The molecule has 18 heavy (non-hydrogen) atoms. The lowest BCUT2D eigenvalue weighted by atomic mass is 10.2. The van der Waals surface area contributed by atoms with Crippen molar-refractivity contribution in [2.24, 2.45) is 0 Å². The number of methoxy groups -OCH3 is 1. The standard InChI is InChI=1S/C14H13F2NO/c1-17(12-3-5-14(18-2)6-4-12)13-8-10(15)7-11(16)9-13/h3-9H,1-2H3. The molecule has 0 aliphatic carbocycles. The highest BCUT2D eigenvalue weighted by atomic mass is 19.1. The second-order valence-electron chi connectivity index (χ2n) is 3.88. The number of anilines is 2. The van der Waals surface area contributed by atoms with Crippen molar-refractivity contribution in [3.05, 3.63) is 54.1 Å². The predicted molar refractivity (Wildman–Crippen MR) is 67.4 cm³/mol. The van der Waals surface area contributed by atoms with Gasteiger partial charge in [-0.15, -0.1) is 0 Å². The maximum atomic E-state index is 13.1. The van der Waals surface area contributed by atoms with E-state index < -0.39 is 11.6 Å². The minimum absolute atomic E-state index is 0.456. The molecule has 0 bridgehead atoms. The Hall–Kier alpha value is -2.10. The van der Waals surface area contributed by atoms with Crippen molar-refractivity contribution in [3.63, 3.8) is 0 Å². The van der Waals surface area contributed by atoms with Crippen LogP contribution in [-0.4, -0.2) is 14.2 Å². The van der Waals surface area contributed by atoms with E-state index in [0.29, 0.717) is 5.69 Å². The number of benzene rings is 2. The van der Waals surface area contributed by atoms with Crippen molar-refractivity contribution in [1.29, 1.82) is 0 Å². The molecular weight excluding hydrogens is 236 g/mol. The van der Waals surface area contributed by atoms with Gasteiger partial charge in [-0.05, 0) is 36.4 Å². The van der Waals surface area contributed by atoms with Crippen molar-refractivity contribution >= 4 is 11.4 Å². The van der Waals surface area contributed by atoms with E-state index in [1.54, 1.807) is 31.2 Å². The van der Waals surface area contributed by atoms with Crippen LogP contribution in [-0.2, 0) is 0 Å². The fourth-order valence-electron chi connectivity index (χ4n) is 1.69. The molecule has 0 unspecified atom stereocenters. The summed E-state index contributed by atoms with van der Waals surface area (Å²) in [6.07, 6.45) is 0. The van der Waals surface area contributed by atoms with E-state index in [1.165, 1.54) is 12.1 Å². The molecule has 2 nitrogen and oxygen atoms in total. The molecular formula is C14H13F2NO. The molecule has 0 spiro atoms. The number of halogens is 2. The first-order chi connectivity index (χ1) is 8.60. The topological polar surface area (TPSA) is 12.5 Å². The maximum absolute atomic E-state index is 13.1. The molecule has 2 aromatic rings. The summed E-state index contributed by atoms with van der Waals surface area (Å²) >= 11 is 0. The molecule has 0 N–H and O–H groups in total. The molecule has 2 aromatic carbocycles. The van der Waals surface area contributed by atoms with E-state index in [-0.39, 0.29) is 0 Å². The smallest absolute Gasteiger partial charge is 0.128 e. The quantitative estimate of drug-likeness (QED) is 0.821. The van der Waals surface area contributed by atoms with Gasteiger partial charge in [-0.2, -0.15) is 0 Å². The van der Waals surface area contributed by atoms with E-state index in [9.17, 15) is 8.78 Å². The number of hydrogen-bond acceptors (Lipinski definition) is 2. The van der Waals surface area contributed by atoms with E-state index in [0.717, 1.165) is 17.5 Å². The SMILES string of the molecule is COc1ccc(N(C)c2cc(F)cc(F)c2)cc1. The summed E-state index contributed by atoms with van der Waals surface area (Å²) < 4.78 is 31.3. The lowest BCUT2D eigenvalue weighted by Crippen LogP contribution is -2.09. The predicted octanol–water partition coefficient (Wildman–Crippen LogP) is 3.74. The van der Waals surface area contributed by atoms with Crippen molar-refractivity contribution in [3.8, 4) is 5.75 Å². The second kappa shape index (κ2) is 5.04. The molecule has 4 heteroatoms. The third-order valence-corrected chi connectivity index (χ3v) is 2.69. The Morgan fingerprint density at radius 3 is 1.94 bits per heavy atom.